The minimum atomic E-state index is -1.46. The number of fused-ring (bicyclic) bond motifs is 2. The van der Waals surface area contributed by atoms with Crippen LogP contribution in [0.2, 0.25) is 0 Å². The third-order valence-electron chi connectivity index (χ3n) is 12.2. The van der Waals surface area contributed by atoms with Crippen LogP contribution in [0.5, 0.6) is 11.5 Å². The third kappa shape index (κ3) is 9.84. The van der Waals surface area contributed by atoms with Crippen LogP contribution in [0.1, 0.15) is 67.6 Å². The second-order valence-corrected chi connectivity index (χ2v) is 15.9. The van der Waals surface area contributed by atoms with Gasteiger partial charge in [0, 0.05) is 57.3 Å². The van der Waals surface area contributed by atoms with Gasteiger partial charge in [-0.05, 0) is 84.6 Å². The maximum atomic E-state index is 14.2. The van der Waals surface area contributed by atoms with Crippen LogP contribution in [0.25, 0.3) is 0 Å². The van der Waals surface area contributed by atoms with Crippen LogP contribution in [0.4, 0.5) is 9.18 Å². The molecule has 2 N–H and O–H groups in total. The Morgan fingerprint density at radius 2 is 1.78 bits per heavy atom. The molecular formula is C47H58FN3O8. The highest BCUT2D eigenvalue weighted by atomic mass is 19.1. The molecule has 6 unspecified atom stereocenters. The normalized spacial score (nSPS) is 24.9. The zero-order chi connectivity index (χ0) is 41.2. The van der Waals surface area contributed by atoms with Crippen LogP contribution >= 0.6 is 0 Å². The van der Waals surface area contributed by atoms with Crippen LogP contribution in [0.3, 0.4) is 0 Å². The maximum absolute atomic E-state index is 14.2. The van der Waals surface area contributed by atoms with Gasteiger partial charge in [0.15, 0.2) is 0 Å². The molecule has 6 atom stereocenters. The molecule has 1 amide bonds. The molecule has 4 aliphatic rings. The summed E-state index contributed by atoms with van der Waals surface area (Å²) in [5, 5.41) is 24.7. The third-order valence-corrected chi connectivity index (χ3v) is 12.2. The van der Waals surface area contributed by atoms with Gasteiger partial charge < -0.3 is 34.0 Å². The van der Waals surface area contributed by atoms with E-state index in [1.54, 1.807) is 23.1 Å². The van der Waals surface area contributed by atoms with Gasteiger partial charge in [0.2, 0.25) is 5.79 Å². The second-order valence-electron chi connectivity index (χ2n) is 15.9. The zero-order valence-electron chi connectivity index (χ0n) is 34.1. The van der Waals surface area contributed by atoms with Crippen LogP contribution in [0.15, 0.2) is 102 Å². The first kappa shape index (κ1) is 42.4. The van der Waals surface area contributed by atoms with E-state index in [1.807, 2.05) is 42.5 Å². The molecule has 0 aromatic heterocycles. The van der Waals surface area contributed by atoms with E-state index in [-0.39, 0.29) is 63.0 Å². The fourth-order valence-electron chi connectivity index (χ4n) is 9.29. The number of aliphatic hydroxyl groups excluding tert-OH is 2. The molecule has 1 saturated heterocycles. The molecule has 2 heterocycles. The summed E-state index contributed by atoms with van der Waals surface area (Å²) in [6.07, 6.45) is 8.21. The number of allylic oxidation sites excluding steroid dienone is 1. The number of halogens is 1. The summed E-state index contributed by atoms with van der Waals surface area (Å²) < 4.78 is 40.3. The summed E-state index contributed by atoms with van der Waals surface area (Å²) in [5.41, 5.74) is 4.24. The molecule has 2 aliphatic heterocycles. The molecule has 11 nitrogen and oxygen atoms in total. The zero-order valence-corrected chi connectivity index (χ0v) is 34.1. The fraction of sp³-hybridized carbons (Fsp3) is 0.489. The first-order valence-electron chi connectivity index (χ1n) is 21.1. The van der Waals surface area contributed by atoms with Crippen LogP contribution in [-0.4, -0.2) is 96.8 Å². The van der Waals surface area contributed by atoms with Gasteiger partial charge in [-0.3, -0.25) is 9.80 Å². The number of oxime groups is 1. The second kappa shape index (κ2) is 20.0. The SMILES string of the molecule is C=CCOC12Oc3ccc(OCCN4CC4)cc3C3C(CCCCO)C(CCCCO)C=C(C(=NOCc4ccccc4)CC1N(Cc1ccc(F)cc1)C(=O)OC)C32. The summed E-state index contributed by atoms with van der Waals surface area (Å²) in [7, 11) is 1.35. The Hall–Kier alpha value is -4.75. The van der Waals surface area contributed by atoms with Crippen molar-refractivity contribution in [3.8, 4) is 11.5 Å². The van der Waals surface area contributed by atoms with Crippen LogP contribution < -0.4 is 9.47 Å². The van der Waals surface area contributed by atoms with E-state index in [9.17, 15) is 19.4 Å². The first-order valence-corrected chi connectivity index (χ1v) is 21.1. The van der Waals surface area contributed by atoms with E-state index in [0.29, 0.717) is 36.5 Å². The molecule has 0 bridgehead atoms. The van der Waals surface area contributed by atoms with E-state index in [4.69, 9.17) is 28.9 Å². The number of rotatable bonds is 21. The van der Waals surface area contributed by atoms with Gasteiger partial charge in [0.1, 0.15) is 36.6 Å². The highest BCUT2D eigenvalue weighted by Crippen LogP contribution is 2.62. The number of carbonyl (C=O) groups is 1. The summed E-state index contributed by atoms with van der Waals surface area (Å²) >= 11 is 0. The summed E-state index contributed by atoms with van der Waals surface area (Å²) in [5.74, 6) is -1.02. The maximum Gasteiger partial charge on any atom is 0.410 e. The van der Waals surface area contributed by atoms with Crippen molar-refractivity contribution >= 4 is 11.8 Å². The molecule has 12 heteroatoms. The highest BCUT2D eigenvalue weighted by molar-refractivity contribution is 6.03. The minimum Gasteiger partial charge on any atom is -0.492 e. The lowest BCUT2D eigenvalue weighted by molar-refractivity contribution is -0.256. The minimum absolute atomic E-state index is 0.0603. The molecule has 1 saturated carbocycles. The molecular weight excluding hydrogens is 754 g/mol. The number of amides is 1. The smallest absolute Gasteiger partial charge is 0.410 e. The number of hydrogen-bond donors (Lipinski definition) is 2. The topological polar surface area (TPSA) is 122 Å². The highest BCUT2D eigenvalue weighted by Gasteiger charge is 2.65. The Balaban J connectivity index is 1.42. The van der Waals surface area contributed by atoms with Gasteiger partial charge in [-0.1, -0.05) is 72.6 Å². The predicted molar refractivity (Wildman–Crippen MR) is 222 cm³/mol. The standard InChI is InChI=1S/C47H58FN3O8/c1-3-26-57-47-43(51(46(54)55-2)31-33-15-17-36(48)18-16-33)30-41(49-58-32-34-11-5-4-6-12-34)39-28-35(13-7-9-24-52)38(14-8-10-25-53)44(45(39)47)40-29-37(19-20-42(40)59-47)56-27-23-50-21-22-50/h3-6,11-12,15-20,28-29,35,38,43-45,52-53H,1,7-10,13-14,21-27,30-32H2,2H3. The Morgan fingerprint density at radius 3 is 2.49 bits per heavy atom. The molecule has 3 aromatic rings. The largest absolute Gasteiger partial charge is 0.492 e. The number of methoxy groups -OCH3 is 1. The summed E-state index contributed by atoms with van der Waals surface area (Å²) in [6.45, 7) is 8.24. The lowest BCUT2D eigenvalue weighted by Gasteiger charge is -2.59. The Labute approximate surface area is 347 Å². The van der Waals surface area contributed by atoms with Gasteiger partial charge in [-0.25, -0.2) is 9.18 Å². The number of unbranched alkanes of at least 4 members (excludes halogenated alkanes) is 2. The van der Waals surface area contributed by atoms with Crippen molar-refractivity contribution in [3.63, 3.8) is 0 Å². The van der Waals surface area contributed by atoms with Gasteiger partial charge in [0.05, 0.1) is 25.3 Å². The molecule has 2 aliphatic carbocycles. The molecule has 3 aromatic carbocycles. The molecule has 2 fully saturated rings. The predicted octanol–water partition coefficient (Wildman–Crippen LogP) is 7.62. The Bertz CT molecular complexity index is 1920. The lowest BCUT2D eigenvalue weighted by atomic mass is 9.55. The molecule has 59 heavy (non-hydrogen) atoms. The number of aliphatic hydroxyl groups is 2. The number of hydrogen-bond acceptors (Lipinski definition) is 10. The molecule has 316 valence electrons. The number of nitrogens with zero attached hydrogens (tertiary/aromatic N) is 3. The van der Waals surface area contributed by atoms with Gasteiger partial charge in [-0.2, -0.15) is 0 Å². The number of ether oxygens (including phenoxy) is 4. The number of carbonyl (C=O) groups excluding carboxylic acids is 1. The van der Waals surface area contributed by atoms with E-state index >= 15 is 0 Å². The van der Waals surface area contributed by atoms with Crippen molar-refractivity contribution in [2.45, 2.75) is 75.8 Å². The van der Waals surface area contributed by atoms with Gasteiger partial charge >= 0.3 is 6.09 Å². The van der Waals surface area contributed by atoms with Crippen molar-refractivity contribution in [1.29, 1.82) is 0 Å². The summed E-state index contributed by atoms with van der Waals surface area (Å²) in [4.78, 5) is 24.3. The van der Waals surface area contributed by atoms with Gasteiger partial charge in [-0.15, -0.1) is 6.58 Å². The van der Waals surface area contributed by atoms with Crippen molar-refractivity contribution in [3.05, 3.63) is 120 Å². The average Bonchev–Trinajstić information content (AvgIpc) is 4.09. The first-order chi connectivity index (χ1) is 28.9. The lowest BCUT2D eigenvalue weighted by Crippen LogP contribution is -2.70. The van der Waals surface area contributed by atoms with E-state index in [0.717, 1.165) is 67.8 Å². The van der Waals surface area contributed by atoms with Crippen molar-refractivity contribution in [2.24, 2.45) is 22.9 Å². The van der Waals surface area contributed by atoms with Crippen molar-refractivity contribution in [2.75, 3.05) is 53.2 Å². The monoisotopic (exact) mass is 811 g/mol. The van der Waals surface area contributed by atoms with E-state index in [2.05, 4.69) is 23.6 Å². The molecule has 0 radical (unpaired) electrons. The number of benzene rings is 3. The van der Waals surface area contributed by atoms with Crippen LogP contribution in [-0.2, 0) is 27.5 Å². The molecule has 0 spiro atoms. The fourth-order valence-corrected chi connectivity index (χ4v) is 9.29. The average molecular weight is 812 g/mol. The van der Waals surface area contributed by atoms with Crippen molar-refractivity contribution in [1.82, 2.24) is 9.80 Å². The Morgan fingerprint density at radius 1 is 1.02 bits per heavy atom. The van der Waals surface area contributed by atoms with Gasteiger partial charge in [0.25, 0.3) is 0 Å². The quantitative estimate of drug-likeness (QED) is 0.0485. The van der Waals surface area contributed by atoms with Crippen molar-refractivity contribution < 1.29 is 43.2 Å². The molecule has 7 rings (SSSR count). The van der Waals surface area contributed by atoms with E-state index < -0.39 is 23.8 Å². The summed E-state index contributed by atoms with van der Waals surface area (Å²) in [6, 6.07) is 21.1. The van der Waals surface area contributed by atoms with E-state index in [1.165, 1.54) is 19.2 Å². The van der Waals surface area contributed by atoms with Crippen LogP contribution in [0, 0.1) is 23.6 Å². The Kier molecular flexibility index (Phi) is 14.4.